The predicted octanol–water partition coefficient (Wildman–Crippen LogP) is 3.86. The van der Waals surface area contributed by atoms with Gasteiger partial charge < -0.3 is 10.1 Å². The van der Waals surface area contributed by atoms with Crippen molar-refractivity contribution in [3.05, 3.63) is 72.1 Å². The summed E-state index contributed by atoms with van der Waals surface area (Å²) >= 11 is 0. The molecule has 2 aromatic carbocycles. The third-order valence-electron chi connectivity index (χ3n) is 4.56. The minimum atomic E-state index is -0.251. The van der Waals surface area contributed by atoms with Crippen LogP contribution in [0.5, 0.6) is 5.75 Å². The number of rotatable bonds is 6. The van der Waals surface area contributed by atoms with Gasteiger partial charge in [0.25, 0.3) is 5.91 Å². The number of hydrogen-bond acceptors (Lipinski definition) is 4. The van der Waals surface area contributed by atoms with Gasteiger partial charge in [-0.05, 0) is 37.6 Å². The van der Waals surface area contributed by atoms with E-state index in [2.05, 4.69) is 27.6 Å². The molecule has 4 aromatic rings. The van der Waals surface area contributed by atoms with Gasteiger partial charge >= 0.3 is 0 Å². The van der Waals surface area contributed by atoms with E-state index in [1.54, 1.807) is 19.3 Å². The first-order valence-corrected chi connectivity index (χ1v) is 9.52. The first-order valence-electron chi connectivity index (χ1n) is 9.52. The molecule has 0 radical (unpaired) electrons. The smallest absolute Gasteiger partial charge is 0.275 e. The quantitative estimate of drug-likeness (QED) is 0.543. The van der Waals surface area contributed by atoms with Crippen molar-refractivity contribution in [2.24, 2.45) is 7.05 Å². The fraction of sp³-hybridized carbons (Fsp3) is 0.227. The topological polar surface area (TPSA) is 74.0 Å². The van der Waals surface area contributed by atoms with Gasteiger partial charge in [-0.1, -0.05) is 30.3 Å². The third-order valence-corrected chi connectivity index (χ3v) is 4.56. The Balaban J connectivity index is 1.73. The van der Waals surface area contributed by atoms with Crippen molar-refractivity contribution in [3.63, 3.8) is 0 Å². The van der Waals surface area contributed by atoms with E-state index in [1.807, 2.05) is 54.9 Å². The van der Waals surface area contributed by atoms with Crippen LogP contribution in [-0.2, 0) is 13.6 Å². The zero-order chi connectivity index (χ0) is 20.4. The lowest BCUT2D eigenvalue weighted by Crippen LogP contribution is -2.16. The first-order chi connectivity index (χ1) is 14.0. The van der Waals surface area contributed by atoms with Crippen LogP contribution in [0.15, 0.2) is 60.8 Å². The van der Waals surface area contributed by atoms with E-state index in [9.17, 15) is 4.79 Å². The van der Waals surface area contributed by atoms with Crippen LogP contribution in [0.1, 0.15) is 29.9 Å². The number of nitrogens with zero attached hydrogens (tertiary/aromatic N) is 4. The number of hydrogen-bond donors (Lipinski definition) is 1. The summed E-state index contributed by atoms with van der Waals surface area (Å²) in [6, 6.07) is 17.6. The second-order valence-corrected chi connectivity index (χ2v) is 7.13. The third kappa shape index (κ3) is 3.99. The first kappa shape index (κ1) is 18.7. The Bertz CT molecular complexity index is 1140. The summed E-state index contributed by atoms with van der Waals surface area (Å²) in [5.74, 6) is 1.03. The molecule has 7 heteroatoms. The Morgan fingerprint density at radius 2 is 1.93 bits per heavy atom. The number of benzene rings is 2. The molecular formula is C22H23N5O2. The number of ether oxygens (including phenoxy) is 1. The van der Waals surface area contributed by atoms with Crippen molar-refractivity contribution in [2.45, 2.75) is 26.5 Å². The van der Waals surface area contributed by atoms with Crippen LogP contribution in [0, 0.1) is 0 Å². The molecule has 7 nitrogen and oxygen atoms in total. The summed E-state index contributed by atoms with van der Waals surface area (Å²) in [4.78, 5) is 12.7. The minimum absolute atomic E-state index is 0.0713. The average molecular weight is 389 g/mol. The van der Waals surface area contributed by atoms with Gasteiger partial charge in [0.1, 0.15) is 11.4 Å². The molecule has 4 rings (SSSR count). The summed E-state index contributed by atoms with van der Waals surface area (Å²) in [5, 5.41) is 12.5. The highest BCUT2D eigenvalue weighted by atomic mass is 16.5. The average Bonchev–Trinajstić information content (AvgIpc) is 3.26. The van der Waals surface area contributed by atoms with E-state index in [-0.39, 0.29) is 12.0 Å². The van der Waals surface area contributed by atoms with Gasteiger partial charge in [-0.2, -0.15) is 10.2 Å². The van der Waals surface area contributed by atoms with Gasteiger partial charge in [0.2, 0.25) is 0 Å². The van der Waals surface area contributed by atoms with Crippen molar-refractivity contribution in [1.29, 1.82) is 0 Å². The van der Waals surface area contributed by atoms with Crippen molar-refractivity contribution in [1.82, 2.24) is 19.6 Å². The van der Waals surface area contributed by atoms with E-state index in [0.29, 0.717) is 18.1 Å². The lowest BCUT2D eigenvalue weighted by molar-refractivity contribution is 0.101. The van der Waals surface area contributed by atoms with Gasteiger partial charge in [0.05, 0.1) is 18.2 Å². The number of anilines is 1. The van der Waals surface area contributed by atoms with Crippen LogP contribution in [0.3, 0.4) is 0 Å². The van der Waals surface area contributed by atoms with E-state index < -0.39 is 0 Å². The summed E-state index contributed by atoms with van der Waals surface area (Å²) in [5.41, 5.74) is 2.49. The van der Waals surface area contributed by atoms with Crippen molar-refractivity contribution in [3.8, 4) is 5.75 Å². The number of fused-ring (bicyclic) bond motifs is 1. The molecule has 0 aliphatic rings. The fourth-order valence-corrected chi connectivity index (χ4v) is 3.24. The van der Waals surface area contributed by atoms with Crippen LogP contribution in [0.2, 0.25) is 0 Å². The highest BCUT2D eigenvalue weighted by molar-refractivity contribution is 6.07. The molecule has 2 aromatic heterocycles. The fourth-order valence-electron chi connectivity index (χ4n) is 3.24. The van der Waals surface area contributed by atoms with Crippen LogP contribution in [0.25, 0.3) is 10.9 Å². The molecule has 148 valence electrons. The molecular weight excluding hydrogens is 366 g/mol. The molecule has 29 heavy (non-hydrogen) atoms. The number of carbonyl (C=O) groups excluding carboxylic acids is 1. The monoisotopic (exact) mass is 389 g/mol. The van der Waals surface area contributed by atoms with Crippen LogP contribution in [-0.4, -0.2) is 31.6 Å². The van der Waals surface area contributed by atoms with Crippen LogP contribution in [0.4, 0.5) is 5.82 Å². The lowest BCUT2D eigenvalue weighted by atomic mass is 10.2. The van der Waals surface area contributed by atoms with E-state index in [1.165, 1.54) is 4.68 Å². The number of carbonyl (C=O) groups is 1. The SMILES string of the molecule is CC(C)Oc1ccc2c(NC(=O)c3ccnn3C)nn(Cc3ccccc3)c2c1. The second-order valence-electron chi connectivity index (χ2n) is 7.13. The predicted molar refractivity (Wildman–Crippen MR) is 112 cm³/mol. The highest BCUT2D eigenvalue weighted by Gasteiger charge is 2.17. The summed E-state index contributed by atoms with van der Waals surface area (Å²) < 4.78 is 9.27. The number of nitrogens with one attached hydrogen (secondary N) is 1. The molecule has 2 heterocycles. The second kappa shape index (κ2) is 7.79. The maximum Gasteiger partial charge on any atom is 0.275 e. The molecule has 0 atom stereocenters. The molecule has 1 amide bonds. The molecule has 0 unspecified atom stereocenters. The Kier molecular flexibility index (Phi) is 5.03. The molecule has 0 saturated heterocycles. The van der Waals surface area contributed by atoms with E-state index in [0.717, 1.165) is 22.2 Å². The maximum absolute atomic E-state index is 12.7. The zero-order valence-electron chi connectivity index (χ0n) is 16.7. The number of amides is 1. The van der Waals surface area contributed by atoms with Gasteiger partial charge in [0, 0.05) is 24.7 Å². The Hall–Kier alpha value is -3.61. The number of aryl methyl sites for hydroxylation is 1. The summed E-state index contributed by atoms with van der Waals surface area (Å²) in [6.45, 7) is 4.57. The normalized spacial score (nSPS) is 11.2. The molecule has 0 saturated carbocycles. The minimum Gasteiger partial charge on any atom is -0.491 e. The Morgan fingerprint density at radius 3 is 2.62 bits per heavy atom. The highest BCUT2D eigenvalue weighted by Crippen LogP contribution is 2.28. The van der Waals surface area contributed by atoms with Gasteiger partial charge in [-0.3, -0.25) is 14.2 Å². The number of aromatic nitrogens is 4. The Labute approximate surface area is 168 Å². The van der Waals surface area contributed by atoms with Gasteiger partial charge in [-0.25, -0.2) is 0 Å². The van der Waals surface area contributed by atoms with Crippen molar-refractivity contribution in [2.75, 3.05) is 5.32 Å². The van der Waals surface area contributed by atoms with E-state index >= 15 is 0 Å². The Morgan fingerprint density at radius 1 is 1.14 bits per heavy atom. The molecule has 0 aliphatic heterocycles. The maximum atomic E-state index is 12.7. The zero-order valence-corrected chi connectivity index (χ0v) is 16.7. The van der Waals surface area contributed by atoms with Gasteiger partial charge in [-0.15, -0.1) is 0 Å². The largest absolute Gasteiger partial charge is 0.491 e. The molecule has 0 spiro atoms. The summed E-state index contributed by atoms with van der Waals surface area (Å²) in [6.07, 6.45) is 1.67. The standard InChI is InChI=1S/C22H23N5O2/c1-15(2)29-17-9-10-18-20(13-17)27(14-16-7-5-4-6-8-16)25-21(18)24-22(28)19-11-12-23-26(19)3/h4-13,15H,14H2,1-3H3,(H,24,25,28). The molecule has 1 N–H and O–H groups in total. The van der Waals surface area contributed by atoms with Crippen LogP contribution >= 0.6 is 0 Å². The van der Waals surface area contributed by atoms with Gasteiger partial charge in [0.15, 0.2) is 5.82 Å². The van der Waals surface area contributed by atoms with Crippen LogP contribution < -0.4 is 10.1 Å². The molecule has 0 bridgehead atoms. The molecule has 0 aliphatic carbocycles. The van der Waals surface area contributed by atoms with E-state index in [4.69, 9.17) is 4.74 Å². The molecule has 0 fully saturated rings. The lowest BCUT2D eigenvalue weighted by Gasteiger charge is -2.10. The van der Waals surface area contributed by atoms with Crippen molar-refractivity contribution >= 4 is 22.6 Å². The summed E-state index contributed by atoms with van der Waals surface area (Å²) in [7, 11) is 1.73. The van der Waals surface area contributed by atoms with Crippen molar-refractivity contribution < 1.29 is 9.53 Å².